The molecule has 0 spiro atoms. The van der Waals surface area contributed by atoms with Crippen LogP contribution in [0.5, 0.6) is 11.5 Å². The highest BCUT2D eigenvalue weighted by Crippen LogP contribution is 2.27. The van der Waals surface area contributed by atoms with Gasteiger partial charge in [0, 0.05) is 24.4 Å². The van der Waals surface area contributed by atoms with E-state index >= 15 is 0 Å². The van der Waals surface area contributed by atoms with Gasteiger partial charge in [-0.3, -0.25) is 9.69 Å². The summed E-state index contributed by atoms with van der Waals surface area (Å²) in [6.07, 6.45) is 0.749. The number of para-hydroxylation sites is 1. The lowest BCUT2D eigenvalue weighted by Crippen LogP contribution is -2.22. The van der Waals surface area contributed by atoms with Crippen molar-refractivity contribution in [3.63, 3.8) is 0 Å². The molecule has 0 atom stereocenters. The lowest BCUT2D eigenvalue weighted by molar-refractivity contribution is -0.115. The first-order valence-electron chi connectivity index (χ1n) is 8.77. The quantitative estimate of drug-likeness (QED) is 0.621. The molecule has 4 nitrogen and oxygen atoms in total. The van der Waals surface area contributed by atoms with Crippen molar-refractivity contribution in [2.45, 2.75) is 13.3 Å². The number of hydrogen-bond acceptors (Lipinski definition) is 3. The fourth-order valence-corrected chi connectivity index (χ4v) is 3.06. The van der Waals surface area contributed by atoms with Crippen LogP contribution in [0.2, 0.25) is 0 Å². The van der Waals surface area contributed by atoms with Crippen LogP contribution in [0.1, 0.15) is 18.1 Å². The minimum Gasteiger partial charge on any atom is -0.497 e. The predicted octanol–water partition coefficient (Wildman–Crippen LogP) is 4.98. The summed E-state index contributed by atoms with van der Waals surface area (Å²) in [4.78, 5) is 13.9. The maximum atomic E-state index is 12.2. The molecule has 4 heteroatoms. The number of methoxy groups -OCH3 is 2. The number of rotatable bonds is 6. The summed E-state index contributed by atoms with van der Waals surface area (Å²) in [5.74, 6) is 1.52. The molecule has 0 heterocycles. The number of ether oxygens (including phenoxy) is 2. The van der Waals surface area contributed by atoms with E-state index in [1.54, 1.807) is 26.0 Å². The van der Waals surface area contributed by atoms with Crippen molar-refractivity contribution in [1.29, 1.82) is 0 Å². The van der Waals surface area contributed by atoms with E-state index in [2.05, 4.69) is 0 Å². The van der Waals surface area contributed by atoms with Crippen molar-refractivity contribution in [3.8, 4) is 11.5 Å². The lowest BCUT2D eigenvalue weighted by Gasteiger charge is -2.21. The molecule has 0 N–H and O–H groups in total. The Bertz CT molecular complexity index is 882. The fourth-order valence-electron chi connectivity index (χ4n) is 3.06. The third-order valence-electron chi connectivity index (χ3n) is 4.34. The van der Waals surface area contributed by atoms with E-state index < -0.39 is 0 Å². The molecular weight excluding hydrogens is 338 g/mol. The Balaban J connectivity index is 1.84. The molecule has 0 aliphatic rings. The largest absolute Gasteiger partial charge is 0.497 e. The van der Waals surface area contributed by atoms with E-state index in [0.29, 0.717) is 0 Å². The van der Waals surface area contributed by atoms with Crippen molar-refractivity contribution < 1.29 is 14.3 Å². The van der Waals surface area contributed by atoms with Gasteiger partial charge in [-0.2, -0.15) is 0 Å². The number of amides is 1. The van der Waals surface area contributed by atoms with Crippen molar-refractivity contribution in [1.82, 2.24) is 0 Å². The minimum absolute atomic E-state index is 0.0218. The summed E-state index contributed by atoms with van der Waals surface area (Å²) < 4.78 is 10.7. The third-order valence-corrected chi connectivity index (χ3v) is 4.34. The van der Waals surface area contributed by atoms with Crippen LogP contribution in [-0.2, 0) is 11.2 Å². The average Bonchev–Trinajstić information content (AvgIpc) is 2.69. The maximum Gasteiger partial charge on any atom is 0.228 e. The van der Waals surface area contributed by atoms with Gasteiger partial charge in [-0.05, 0) is 53.9 Å². The Labute approximate surface area is 160 Å². The molecule has 3 aromatic carbocycles. The number of benzene rings is 3. The smallest absolute Gasteiger partial charge is 0.228 e. The second-order valence-electron chi connectivity index (χ2n) is 6.25. The zero-order valence-corrected chi connectivity index (χ0v) is 15.8. The topological polar surface area (TPSA) is 38.8 Å². The molecule has 1 amide bonds. The molecule has 0 fully saturated rings. The van der Waals surface area contributed by atoms with E-state index in [4.69, 9.17) is 9.47 Å². The molecular formula is C23H23NO3. The van der Waals surface area contributed by atoms with E-state index in [1.807, 2.05) is 72.8 Å². The Kier molecular flexibility index (Phi) is 5.77. The van der Waals surface area contributed by atoms with E-state index in [0.717, 1.165) is 40.4 Å². The zero-order chi connectivity index (χ0) is 19.2. The SMILES string of the molecule is COc1cc(Cc2ccc(N(C(C)=O)c3ccccc3)cc2)cc(OC)c1. The van der Waals surface area contributed by atoms with Crippen LogP contribution in [0, 0.1) is 0 Å². The highest BCUT2D eigenvalue weighted by Gasteiger charge is 2.13. The normalized spacial score (nSPS) is 10.3. The summed E-state index contributed by atoms with van der Waals surface area (Å²) in [5.41, 5.74) is 3.95. The monoisotopic (exact) mass is 361 g/mol. The van der Waals surface area contributed by atoms with Crippen molar-refractivity contribution in [2.75, 3.05) is 19.1 Å². The average molecular weight is 361 g/mol. The van der Waals surface area contributed by atoms with Crippen molar-refractivity contribution in [3.05, 3.63) is 83.9 Å². The van der Waals surface area contributed by atoms with Gasteiger partial charge in [0.25, 0.3) is 0 Å². The Morgan fingerprint density at radius 3 is 1.85 bits per heavy atom. The molecule has 0 bridgehead atoms. The highest BCUT2D eigenvalue weighted by molar-refractivity contribution is 5.98. The molecule has 3 aromatic rings. The van der Waals surface area contributed by atoms with Crippen LogP contribution in [-0.4, -0.2) is 20.1 Å². The molecule has 0 aromatic heterocycles. The molecule has 0 aliphatic heterocycles. The summed E-state index contributed by atoms with van der Waals surface area (Å²) in [6, 6.07) is 23.5. The van der Waals surface area contributed by atoms with Gasteiger partial charge in [-0.1, -0.05) is 30.3 Å². The van der Waals surface area contributed by atoms with Gasteiger partial charge < -0.3 is 9.47 Å². The molecule has 0 saturated carbocycles. The van der Waals surface area contributed by atoms with Gasteiger partial charge in [-0.25, -0.2) is 0 Å². The second-order valence-corrected chi connectivity index (χ2v) is 6.25. The van der Waals surface area contributed by atoms with Crippen LogP contribution in [0.4, 0.5) is 11.4 Å². The Morgan fingerprint density at radius 1 is 0.778 bits per heavy atom. The maximum absolute atomic E-state index is 12.2. The lowest BCUT2D eigenvalue weighted by atomic mass is 10.0. The number of anilines is 2. The number of hydrogen-bond donors (Lipinski definition) is 0. The summed E-state index contributed by atoms with van der Waals surface area (Å²) >= 11 is 0. The van der Waals surface area contributed by atoms with Crippen molar-refractivity contribution in [2.24, 2.45) is 0 Å². The van der Waals surface area contributed by atoms with Crippen LogP contribution < -0.4 is 14.4 Å². The molecule has 27 heavy (non-hydrogen) atoms. The third kappa shape index (κ3) is 4.47. The van der Waals surface area contributed by atoms with Crippen molar-refractivity contribution >= 4 is 17.3 Å². The second kappa shape index (κ2) is 8.41. The summed E-state index contributed by atoms with van der Waals surface area (Å²) in [6.45, 7) is 1.57. The highest BCUT2D eigenvalue weighted by atomic mass is 16.5. The molecule has 0 radical (unpaired) electrons. The van der Waals surface area contributed by atoms with Gasteiger partial charge in [0.2, 0.25) is 5.91 Å². The number of nitrogens with zero attached hydrogens (tertiary/aromatic N) is 1. The van der Waals surface area contributed by atoms with Crippen LogP contribution in [0.25, 0.3) is 0 Å². The summed E-state index contributed by atoms with van der Waals surface area (Å²) in [5, 5.41) is 0. The van der Waals surface area contributed by atoms with E-state index in [1.165, 1.54) is 0 Å². The first-order valence-corrected chi connectivity index (χ1v) is 8.77. The fraction of sp³-hybridized carbons (Fsp3) is 0.174. The van der Waals surface area contributed by atoms with Crippen LogP contribution in [0.3, 0.4) is 0 Å². The summed E-state index contributed by atoms with van der Waals surface area (Å²) in [7, 11) is 3.29. The number of carbonyl (C=O) groups is 1. The van der Waals surface area contributed by atoms with Gasteiger partial charge in [-0.15, -0.1) is 0 Å². The molecule has 0 unspecified atom stereocenters. The van der Waals surface area contributed by atoms with E-state index in [-0.39, 0.29) is 5.91 Å². The number of carbonyl (C=O) groups excluding carboxylic acids is 1. The Morgan fingerprint density at radius 2 is 1.33 bits per heavy atom. The molecule has 138 valence electrons. The molecule has 0 saturated heterocycles. The van der Waals surface area contributed by atoms with Crippen LogP contribution >= 0.6 is 0 Å². The predicted molar refractivity (Wildman–Crippen MR) is 108 cm³/mol. The first kappa shape index (κ1) is 18.5. The molecule has 3 rings (SSSR count). The molecule has 0 aliphatic carbocycles. The first-order chi connectivity index (χ1) is 13.1. The van der Waals surface area contributed by atoms with Gasteiger partial charge in [0.05, 0.1) is 14.2 Å². The minimum atomic E-state index is -0.0218. The van der Waals surface area contributed by atoms with Gasteiger partial charge in [0.1, 0.15) is 11.5 Å². The van der Waals surface area contributed by atoms with Gasteiger partial charge in [0.15, 0.2) is 0 Å². The Hall–Kier alpha value is -3.27. The van der Waals surface area contributed by atoms with Crippen LogP contribution in [0.15, 0.2) is 72.8 Å². The standard InChI is InChI=1S/C23H23NO3/c1-17(25)24(20-7-5-4-6-8-20)21-11-9-18(10-12-21)13-19-14-22(26-2)16-23(15-19)27-3/h4-12,14-16H,13H2,1-3H3. The van der Waals surface area contributed by atoms with E-state index in [9.17, 15) is 4.79 Å². The zero-order valence-electron chi connectivity index (χ0n) is 15.8. The van der Waals surface area contributed by atoms with Gasteiger partial charge >= 0.3 is 0 Å².